The van der Waals surface area contributed by atoms with Crippen LogP contribution in [0.1, 0.15) is 15.9 Å². The average molecular weight is 294 g/mol. The topological polar surface area (TPSA) is 74.6 Å². The number of hydrogen-bond acceptors (Lipinski definition) is 3. The molecular formula is C14H11FO4S. The van der Waals surface area contributed by atoms with Crippen LogP contribution in [0, 0.1) is 5.82 Å². The van der Waals surface area contributed by atoms with Gasteiger partial charge >= 0.3 is 5.97 Å². The Kier molecular flexibility index (Phi) is 4.14. The van der Waals surface area contributed by atoms with Crippen molar-refractivity contribution in [1.82, 2.24) is 0 Å². The van der Waals surface area contributed by atoms with Crippen molar-refractivity contribution >= 4 is 16.8 Å². The third kappa shape index (κ3) is 3.21. The Bertz CT molecular complexity index is 685. The number of phenols is 1. The standard InChI is InChI=1S/C14H11FO4S/c15-12-5-4-10(14(17)18)7-13(12)20(19)8-9-2-1-3-11(16)6-9/h1-7,16H,8H2,(H,17,18). The maximum atomic E-state index is 13.6. The van der Waals surface area contributed by atoms with Gasteiger partial charge in [0.25, 0.3) is 0 Å². The second-order valence-electron chi connectivity index (χ2n) is 4.11. The summed E-state index contributed by atoms with van der Waals surface area (Å²) in [7, 11) is -1.73. The van der Waals surface area contributed by atoms with E-state index in [2.05, 4.69) is 0 Å². The largest absolute Gasteiger partial charge is 0.508 e. The lowest BCUT2D eigenvalue weighted by Crippen LogP contribution is -2.03. The van der Waals surface area contributed by atoms with Gasteiger partial charge in [0.1, 0.15) is 11.6 Å². The maximum Gasteiger partial charge on any atom is 0.335 e. The van der Waals surface area contributed by atoms with Crippen LogP contribution in [-0.4, -0.2) is 20.4 Å². The van der Waals surface area contributed by atoms with Crippen molar-refractivity contribution < 1.29 is 23.6 Å². The molecule has 0 aliphatic heterocycles. The Morgan fingerprint density at radius 3 is 2.60 bits per heavy atom. The molecule has 0 radical (unpaired) electrons. The van der Waals surface area contributed by atoms with Crippen LogP contribution in [0.5, 0.6) is 5.75 Å². The fourth-order valence-electron chi connectivity index (χ4n) is 1.69. The summed E-state index contributed by atoms with van der Waals surface area (Å²) in [5, 5.41) is 18.2. The molecule has 6 heteroatoms. The first-order valence-electron chi connectivity index (χ1n) is 5.66. The maximum absolute atomic E-state index is 13.6. The summed E-state index contributed by atoms with van der Waals surface area (Å²) in [5.41, 5.74) is 0.453. The van der Waals surface area contributed by atoms with Crippen molar-refractivity contribution in [3.8, 4) is 5.75 Å². The Balaban J connectivity index is 2.29. The van der Waals surface area contributed by atoms with Gasteiger partial charge in [0.05, 0.1) is 27.0 Å². The molecule has 0 heterocycles. The van der Waals surface area contributed by atoms with Gasteiger partial charge in [-0.15, -0.1) is 0 Å². The highest BCUT2D eigenvalue weighted by atomic mass is 32.2. The van der Waals surface area contributed by atoms with Gasteiger partial charge in [0.2, 0.25) is 0 Å². The van der Waals surface area contributed by atoms with Crippen LogP contribution in [-0.2, 0) is 16.6 Å². The second-order valence-corrected chi connectivity index (χ2v) is 5.53. The SMILES string of the molecule is O=C(O)c1ccc(F)c(S(=O)Cc2cccc(O)c2)c1. The van der Waals surface area contributed by atoms with Crippen LogP contribution in [0.2, 0.25) is 0 Å². The highest BCUT2D eigenvalue weighted by Gasteiger charge is 2.14. The van der Waals surface area contributed by atoms with Gasteiger partial charge in [-0.25, -0.2) is 9.18 Å². The van der Waals surface area contributed by atoms with E-state index in [0.717, 1.165) is 18.2 Å². The predicted molar refractivity (Wildman–Crippen MR) is 71.6 cm³/mol. The van der Waals surface area contributed by atoms with Crippen LogP contribution in [0.25, 0.3) is 0 Å². The highest BCUT2D eigenvalue weighted by molar-refractivity contribution is 7.84. The van der Waals surface area contributed by atoms with Crippen LogP contribution >= 0.6 is 0 Å². The number of carboxylic acids is 1. The van der Waals surface area contributed by atoms with Gasteiger partial charge < -0.3 is 10.2 Å². The average Bonchev–Trinajstić information content (AvgIpc) is 2.38. The third-order valence-corrected chi connectivity index (χ3v) is 4.03. The van der Waals surface area contributed by atoms with E-state index in [1.165, 1.54) is 12.1 Å². The number of hydrogen-bond donors (Lipinski definition) is 2. The van der Waals surface area contributed by atoms with Gasteiger partial charge in [-0.3, -0.25) is 4.21 Å². The first-order valence-corrected chi connectivity index (χ1v) is 6.98. The number of rotatable bonds is 4. The number of halogens is 1. The summed E-state index contributed by atoms with van der Waals surface area (Å²) in [4.78, 5) is 10.7. The van der Waals surface area contributed by atoms with Crippen molar-refractivity contribution in [2.75, 3.05) is 0 Å². The molecule has 2 rings (SSSR count). The molecule has 0 amide bonds. The van der Waals surface area contributed by atoms with Crippen LogP contribution in [0.15, 0.2) is 47.4 Å². The van der Waals surface area contributed by atoms with Crippen molar-refractivity contribution in [2.45, 2.75) is 10.6 Å². The number of benzene rings is 2. The summed E-state index contributed by atoms with van der Waals surface area (Å²) >= 11 is 0. The fourth-order valence-corrected chi connectivity index (χ4v) is 2.87. The number of aromatic carboxylic acids is 1. The van der Waals surface area contributed by atoms with E-state index in [1.807, 2.05) is 0 Å². The lowest BCUT2D eigenvalue weighted by molar-refractivity contribution is 0.0696. The molecule has 2 N–H and O–H groups in total. The summed E-state index contributed by atoms with van der Waals surface area (Å²) in [5.74, 6) is -1.90. The molecule has 1 unspecified atom stereocenters. The molecule has 0 spiro atoms. The molecule has 0 aliphatic carbocycles. The molecule has 0 aliphatic rings. The zero-order chi connectivity index (χ0) is 14.7. The molecule has 0 saturated heterocycles. The molecule has 0 fully saturated rings. The van der Waals surface area contributed by atoms with Crippen molar-refractivity contribution in [2.24, 2.45) is 0 Å². The molecule has 0 bridgehead atoms. The summed E-state index contributed by atoms with van der Waals surface area (Å²) in [6.45, 7) is 0. The van der Waals surface area contributed by atoms with E-state index < -0.39 is 22.6 Å². The molecule has 4 nitrogen and oxygen atoms in total. The zero-order valence-electron chi connectivity index (χ0n) is 10.2. The molecule has 0 saturated carbocycles. The summed E-state index contributed by atoms with van der Waals surface area (Å²) in [6.07, 6.45) is 0. The normalized spacial score (nSPS) is 12.1. The van der Waals surface area contributed by atoms with E-state index in [-0.39, 0.29) is 22.0 Å². The first-order chi connectivity index (χ1) is 9.47. The molecule has 20 heavy (non-hydrogen) atoms. The van der Waals surface area contributed by atoms with Gasteiger partial charge in [-0.1, -0.05) is 12.1 Å². The summed E-state index contributed by atoms with van der Waals surface area (Å²) in [6, 6.07) is 9.31. The number of carboxylic acid groups (broad SMARTS) is 1. The van der Waals surface area contributed by atoms with Gasteiger partial charge in [-0.2, -0.15) is 0 Å². The van der Waals surface area contributed by atoms with Crippen LogP contribution < -0.4 is 0 Å². The van der Waals surface area contributed by atoms with E-state index in [9.17, 15) is 18.5 Å². The Morgan fingerprint density at radius 2 is 1.95 bits per heavy atom. The van der Waals surface area contributed by atoms with E-state index in [4.69, 9.17) is 5.11 Å². The molecule has 2 aromatic rings. The fraction of sp³-hybridized carbons (Fsp3) is 0.0714. The van der Waals surface area contributed by atoms with E-state index in [0.29, 0.717) is 5.56 Å². The predicted octanol–water partition coefficient (Wildman–Crippen LogP) is 2.54. The van der Waals surface area contributed by atoms with Crippen molar-refractivity contribution in [1.29, 1.82) is 0 Å². The third-order valence-electron chi connectivity index (χ3n) is 2.63. The molecular weight excluding hydrogens is 283 g/mol. The van der Waals surface area contributed by atoms with E-state index >= 15 is 0 Å². The van der Waals surface area contributed by atoms with Gasteiger partial charge in [0.15, 0.2) is 0 Å². The van der Waals surface area contributed by atoms with Gasteiger partial charge in [-0.05, 0) is 35.9 Å². The van der Waals surface area contributed by atoms with Crippen molar-refractivity contribution in [3.05, 3.63) is 59.4 Å². The minimum atomic E-state index is -1.73. The summed E-state index contributed by atoms with van der Waals surface area (Å²) < 4.78 is 25.7. The Hall–Kier alpha value is -2.21. The van der Waals surface area contributed by atoms with E-state index in [1.54, 1.807) is 12.1 Å². The Labute approximate surface area is 117 Å². The zero-order valence-corrected chi connectivity index (χ0v) is 11.1. The van der Waals surface area contributed by atoms with Crippen LogP contribution in [0.3, 0.4) is 0 Å². The number of carbonyl (C=O) groups is 1. The lowest BCUT2D eigenvalue weighted by atomic mass is 10.2. The second kappa shape index (κ2) is 5.83. The number of phenolic OH excluding ortho intramolecular Hbond substituents is 1. The molecule has 1 atom stereocenters. The smallest absolute Gasteiger partial charge is 0.335 e. The molecule has 104 valence electrons. The number of aromatic hydroxyl groups is 1. The van der Waals surface area contributed by atoms with Gasteiger partial charge in [0, 0.05) is 0 Å². The monoisotopic (exact) mass is 294 g/mol. The minimum Gasteiger partial charge on any atom is -0.508 e. The lowest BCUT2D eigenvalue weighted by Gasteiger charge is -2.06. The minimum absolute atomic E-state index is 0.00556. The first kappa shape index (κ1) is 14.2. The Morgan fingerprint density at radius 1 is 1.20 bits per heavy atom. The highest BCUT2D eigenvalue weighted by Crippen LogP contribution is 2.20. The van der Waals surface area contributed by atoms with Crippen molar-refractivity contribution in [3.63, 3.8) is 0 Å². The quantitative estimate of drug-likeness (QED) is 0.908. The molecule has 2 aromatic carbocycles. The molecule has 0 aromatic heterocycles. The van der Waals surface area contributed by atoms with Crippen LogP contribution in [0.4, 0.5) is 4.39 Å².